The van der Waals surface area contributed by atoms with Gasteiger partial charge in [-0.25, -0.2) is 0 Å². The molecule has 0 bridgehead atoms. The number of piperazine rings is 1. The Hall–Kier alpha value is -0.960. The van der Waals surface area contributed by atoms with Gasteiger partial charge < -0.3 is 5.32 Å². The van der Waals surface area contributed by atoms with Gasteiger partial charge >= 0.3 is 5.71 Å². The third-order valence-corrected chi connectivity index (χ3v) is 2.11. The van der Waals surface area contributed by atoms with Gasteiger partial charge in [-0.05, 0) is 0 Å². The Morgan fingerprint density at radius 2 is 2.33 bits per heavy atom. The third-order valence-electron chi connectivity index (χ3n) is 2.11. The van der Waals surface area contributed by atoms with Gasteiger partial charge in [0.2, 0.25) is 0 Å². The highest BCUT2D eigenvalue weighted by atomic mass is 15.2. The van der Waals surface area contributed by atoms with Crippen LogP contribution < -0.4 is 5.32 Å². The van der Waals surface area contributed by atoms with Gasteiger partial charge in [0, 0.05) is 26.2 Å². The second kappa shape index (κ2) is 3.63. The smallest absolute Gasteiger partial charge is 0.314 e. The first-order chi connectivity index (χ1) is 5.95. The summed E-state index contributed by atoms with van der Waals surface area (Å²) < 4.78 is 0. The van der Waals surface area contributed by atoms with E-state index in [4.69, 9.17) is 0 Å². The van der Waals surface area contributed by atoms with Gasteiger partial charge in [0.25, 0.3) is 0 Å². The van der Waals surface area contributed by atoms with Gasteiger partial charge in [-0.1, -0.05) is 0 Å². The predicted molar refractivity (Wildman–Crippen MR) is 46.1 cm³/mol. The first-order valence-electron chi connectivity index (χ1n) is 4.31. The maximum absolute atomic E-state index is 4.00. The van der Waals surface area contributed by atoms with Crippen molar-refractivity contribution in [2.75, 3.05) is 32.7 Å². The fraction of sp³-hybridized carbons (Fsp3) is 0.625. The zero-order chi connectivity index (χ0) is 8.23. The molecule has 2 heterocycles. The van der Waals surface area contributed by atoms with Crippen LogP contribution in [0.15, 0.2) is 17.4 Å². The molecule has 12 heavy (non-hydrogen) atoms. The lowest BCUT2D eigenvalue weighted by Gasteiger charge is -2.24. The fourth-order valence-electron chi connectivity index (χ4n) is 1.44. The molecular formula is C8H13N4+. The van der Waals surface area contributed by atoms with Crippen LogP contribution in [-0.2, 0) is 0 Å². The summed E-state index contributed by atoms with van der Waals surface area (Å²) in [5, 5.41) is 7.11. The fourth-order valence-corrected chi connectivity index (χ4v) is 1.44. The molecule has 0 unspecified atom stereocenters. The summed E-state index contributed by atoms with van der Waals surface area (Å²) in [5.41, 5.74) is 1.08. The second-order valence-corrected chi connectivity index (χ2v) is 3.05. The molecule has 0 aromatic rings. The van der Waals surface area contributed by atoms with Crippen molar-refractivity contribution in [1.29, 1.82) is 0 Å². The van der Waals surface area contributed by atoms with Crippen LogP contribution in [0.4, 0.5) is 0 Å². The third kappa shape index (κ3) is 1.80. The Kier molecular flexibility index (Phi) is 2.32. The summed E-state index contributed by atoms with van der Waals surface area (Å²) in [6.07, 6.45) is 3.72. The predicted octanol–water partition coefficient (Wildman–Crippen LogP) is -0.480. The number of rotatable bonds is 2. The molecule has 0 aliphatic carbocycles. The highest BCUT2D eigenvalue weighted by Crippen LogP contribution is 1.94. The summed E-state index contributed by atoms with van der Waals surface area (Å²) in [7, 11) is 0. The van der Waals surface area contributed by atoms with Crippen molar-refractivity contribution in [2.45, 2.75) is 0 Å². The van der Waals surface area contributed by atoms with Gasteiger partial charge in [0.1, 0.15) is 17.9 Å². The highest BCUT2D eigenvalue weighted by molar-refractivity contribution is 5.92. The Bertz CT molecular complexity index is 244. The van der Waals surface area contributed by atoms with E-state index < -0.39 is 0 Å². The van der Waals surface area contributed by atoms with E-state index in [1.165, 1.54) is 0 Å². The molecule has 1 saturated heterocycles. The van der Waals surface area contributed by atoms with E-state index in [0.717, 1.165) is 38.4 Å². The molecule has 1 fully saturated rings. The molecule has 0 saturated carbocycles. The Morgan fingerprint density at radius 1 is 1.50 bits per heavy atom. The average molecular weight is 165 g/mol. The first-order valence-corrected chi connectivity index (χ1v) is 4.31. The van der Waals surface area contributed by atoms with E-state index >= 15 is 0 Å². The van der Waals surface area contributed by atoms with Crippen LogP contribution in [0.1, 0.15) is 0 Å². The molecule has 64 valence electrons. The molecule has 1 N–H and O–H groups in total. The summed E-state index contributed by atoms with van der Waals surface area (Å²) in [6, 6.07) is 0. The zero-order valence-electron chi connectivity index (χ0n) is 7.03. The lowest BCUT2D eigenvalue weighted by molar-refractivity contribution is -0.0764. The minimum Gasteiger partial charge on any atom is -0.314 e. The van der Waals surface area contributed by atoms with Gasteiger partial charge in [-0.15, -0.1) is 0 Å². The maximum Gasteiger partial charge on any atom is 0.357 e. The molecule has 2 rings (SSSR count). The Labute approximate surface area is 71.7 Å². The van der Waals surface area contributed by atoms with E-state index in [9.17, 15) is 0 Å². The molecule has 4 nitrogen and oxygen atoms in total. The van der Waals surface area contributed by atoms with E-state index in [1.807, 2.05) is 6.08 Å². The molecular weight excluding hydrogens is 152 g/mol. The Balaban J connectivity index is 1.85. The molecule has 0 atom stereocenters. The molecule has 4 heteroatoms. The zero-order valence-corrected chi connectivity index (χ0v) is 7.03. The number of hydrogen-bond acceptors (Lipinski definition) is 3. The quantitative estimate of drug-likeness (QED) is 0.561. The van der Waals surface area contributed by atoms with Gasteiger partial charge in [0.05, 0.1) is 10.9 Å². The molecule has 0 amide bonds. The minimum atomic E-state index is 0.946. The lowest BCUT2D eigenvalue weighted by atomic mass is 10.3. The Morgan fingerprint density at radius 3 is 3.00 bits per heavy atom. The van der Waals surface area contributed by atoms with E-state index in [1.54, 1.807) is 6.20 Å². The van der Waals surface area contributed by atoms with Crippen molar-refractivity contribution < 1.29 is 4.79 Å². The number of hydrogen-bond donors (Lipinski definition) is 1. The first kappa shape index (κ1) is 7.68. The van der Waals surface area contributed by atoms with Crippen LogP contribution in [0.2, 0.25) is 0 Å². The van der Waals surface area contributed by atoms with Crippen molar-refractivity contribution in [3.63, 3.8) is 0 Å². The summed E-state index contributed by atoms with van der Waals surface area (Å²) in [6.45, 7) is 5.36. The van der Waals surface area contributed by atoms with Gasteiger partial charge in [0.15, 0.2) is 0 Å². The van der Waals surface area contributed by atoms with Gasteiger partial charge in [-0.2, -0.15) is 0 Å². The second-order valence-electron chi connectivity index (χ2n) is 3.05. The number of nitrogens with one attached hydrogen (secondary N) is 1. The van der Waals surface area contributed by atoms with Gasteiger partial charge in [-0.3, -0.25) is 4.90 Å². The largest absolute Gasteiger partial charge is 0.357 e. The van der Waals surface area contributed by atoms with Crippen LogP contribution in [0.25, 0.3) is 0 Å². The van der Waals surface area contributed by atoms with Crippen molar-refractivity contribution >= 4 is 5.71 Å². The lowest BCUT2D eigenvalue weighted by Crippen LogP contribution is -2.45. The average Bonchev–Trinajstić information content (AvgIpc) is 2.59. The summed E-state index contributed by atoms with van der Waals surface area (Å²) >= 11 is 0. The minimum absolute atomic E-state index is 0.946. The van der Waals surface area contributed by atoms with Crippen LogP contribution in [0.5, 0.6) is 0 Å². The van der Waals surface area contributed by atoms with Crippen LogP contribution >= 0.6 is 0 Å². The molecule has 2 aliphatic heterocycles. The SMILES string of the molecule is C1=CC(CN2CCNCC2)=[N+]=N1. The highest BCUT2D eigenvalue weighted by Gasteiger charge is 2.18. The molecule has 0 radical (unpaired) electrons. The maximum atomic E-state index is 4.00. The van der Waals surface area contributed by atoms with Crippen molar-refractivity contribution in [1.82, 2.24) is 10.2 Å². The van der Waals surface area contributed by atoms with Crippen molar-refractivity contribution in [3.05, 3.63) is 12.3 Å². The topological polar surface area (TPSA) is 41.7 Å². The molecule has 0 aromatic heterocycles. The van der Waals surface area contributed by atoms with E-state index in [-0.39, 0.29) is 0 Å². The monoisotopic (exact) mass is 165 g/mol. The molecule has 0 spiro atoms. The van der Waals surface area contributed by atoms with E-state index in [0.29, 0.717) is 0 Å². The van der Waals surface area contributed by atoms with Crippen molar-refractivity contribution in [3.8, 4) is 0 Å². The summed E-state index contributed by atoms with van der Waals surface area (Å²) in [5.74, 6) is 0. The number of nitrogens with zero attached hydrogens (tertiary/aromatic N) is 3. The molecule has 0 aromatic carbocycles. The van der Waals surface area contributed by atoms with Crippen LogP contribution in [0, 0.1) is 0 Å². The van der Waals surface area contributed by atoms with E-state index in [2.05, 4.69) is 20.1 Å². The summed E-state index contributed by atoms with van der Waals surface area (Å²) in [4.78, 5) is 6.39. The van der Waals surface area contributed by atoms with Crippen LogP contribution in [-0.4, -0.2) is 48.1 Å². The standard InChI is InChI=1S/C8H13N4/c1-2-10-11-8(1)7-12-5-3-9-4-6-12/h1-2,9H,3-7H2/q+1. The van der Waals surface area contributed by atoms with Crippen molar-refractivity contribution in [2.24, 2.45) is 5.11 Å². The van der Waals surface area contributed by atoms with Crippen LogP contribution in [0.3, 0.4) is 0 Å². The molecule has 2 aliphatic rings. The normalized spacial score (nSPS) is 23.2.